The van der Waals surface area contributed by atoms with E-state index in [9.17, 15) is 0 Å². The summed E-state index contributed by atoms with van der Waals surface area (Å²) in [5.41, 5.74) is 0.882. The maximum Gasteiger partial charge on any atom is 0.227 e. The molecule has 1 aliphatic rings. The minimum absolute atomic E-state index is 0.338. The van der Waals surface area contributed by atoms with Crippen molar-refractivity contribution in [3.63, 3.8) is 0 Å². The molecule has 8 heteroatoms. The van der Waals surface area contributed by atoms with Crippen LogP contribution in [0.3, 0.4) is 0 Å². The lowest BCUT2D eigenvalue weighted by molar-refractivity contribution is 0.481. The molecule has 1 aliphatic heterocycles. The van der Waals surface area contributed by atoms with E-state index >= 15 is 0 Å². The molecule has 1 saturated heterocycles. The van der Waals surface area contributed by atoms with E-state index in [4.69, 9.17) is 0 Å². The third-order valence-electron chi connectivity index (χ3n) is 4.98. The highest BCUT2D eigenvalue weighted by molar-refractivity contribution is 5.87. The maximum atomic E-state index is 4.68. The number of nitrogens with zero attached hydrogens (tertiary/aromatic N) is 7. The molecule has 1 atom stereocenters. The molecule has 1 fully saturated rings. The minimum Gasteiger partial charge on any atom is -0.363 e. The summed E-state index contributed by atoms with van der Waals surface area (Å²) < 4.78 is 0. The molecule has 3 aromatic rings. The van der Waals surface area contributed by atoms with E-state index in [1.165, 1.54) is 0 Å². The van der Waals surface area contributed by atoms with Gasteiger partial charge in [0, 0.05) is 52.7 Å². The lowest BCUT2D eigenvalue weighted by atomic mass is 10.0. The Morgan fingerprint density at radius 1 is 1.15 bits per heavy atom. The van der Waals surface area contributed by atoms with Crippen molar-refractivity contribution in [3.8, 4) is 0 Å². The molecule has 0 amide bonds. The Bertz CT molecular complexity index is 890. The van der Waals surface area contributed by atoms with Crippen molar-refractivity contribution in [1.82, 2.24) is 24.9 Å². The Balaban J connectivity index is 1.57. The highest BCUT2D eigenvalue weighted by Crippen LogP contribution is 2.27. The van der Waals surface area contributed by atoms with Crippen molar-refractivity contribution in [3.05, 3.63) is 30.9 Å². The van der Waals surface area contributed by atoms with Crippen LogP contribution in [0, 0.1) is 0 Å². The number of likely N-dealkylation sites (N-methyl/N-ethyl adjacent to an activating group) is 1. The molecule has 3 aromatic heterocycles. The van der Waals surface area contributed by atoms with Gasteiger partial charge in [-0.2, -0.15) is 4.98 Å². The summed E-state index contributed by atoms with van der Waals surface area (Å²) in [5.74, 6) is 2.68. The Hall–Kier alpha value is -2.90. The average Bonchev–Trinajstić information content (AvgIpc) is 3.16. The van der Waals surface area contributed by atoms with Gasteiger partial charge >= 0.3 is 0 Å². The standard InChI is InChI=1S/C18H24N8/c1-24(2)15-7-9-20-18(23-15)25(3)13-5-4-10-26(11-13)17-14-6-8-19-16(14)21-12-22-17/h6-9,12-13H,4-5,10-11H2,1-3H3,(H,19,21,22). The first-order valence-electron chi connectivity index (χ1n) is 8.89. The highest BCUT2D eigenvalue weighted by atomic mass is 15.3. The molecule has 1 unspecified atom stereocenters. The fraction of sp³-hybridized carbons (Fsp3) is 0.444. The van der Waals surface area contributed by atoms with E-state index in [1.54, 1.807) is 6.33 Å². The number of fused-ring (bicyclic) bond motifs is 1. The van der Waals surface area contributed by atoms with Crippen molar-refractivity contribution < 1.29 is 0 Å². The van der Waals surface area contributed by atoms with E-state index in [1.807, 2.05) is 43.5 Å². The van der Waals surface area contributed by atoms with Crippen molar-refractivity contribution in [2.45, 2.75) is 18.9 Å². The molecule has 0 aromatic carbocycles. The van der Waals surface area contributed by atoms with Crippen LogP contribution in [0.5, 0.6) is 0 Å². The van der Waals surface area contributed by atoms with Gasteiger partial charge < -0.3 is 19.7 Å². The molecule has 0 saturated carbocycles. The van der Waals surface area contributed by atoms with Gasteiger partial charge in [0.2, 0.25) is 5.95 Å². The van der Waals surface area contributed by atoms with Crippen molar-refractivity contribution in [2.24, 2.45) is 0 Å². The van der Waals surface area contributed by atoms with E-state index in [0.717, 1.165) is 54.5 Å². The second-order valence-corrected chi connectivity index (χ2v) is 6.90. The van der Waals surface area contributed by atoms with Crippen molar-refractivity contribution in [2.75, 3.05) is 48.9 Å². The van der Waals surface area contributed by atoms with Crippen LogP contribution in [0.2, 0.25) is 0 Å². The molecule has 4 rings (SSSR count). The summed E-state index contributed by atoms with van der Waals surface area (Å²) in [6.45, 7) is 1.89. The summed E-state index contributed by atoms with van der Waals surface area (Å²) >= 11 is 0. The number of nitrogens with one attached hydrogen (secondary N) is 1. The van der Waals surface area contributed by atoms with Gasteiger partial charge in [-0.1, -0.05) is 0 Å². The Kier molecular flexibility index (Phi) is 4.32. The van der Waals surface area contributed by atoms with Gasteiger partial charge in [0.25, 0.3) is 0 Å². The molecule has 26 heavy (non-hydrogen) atoms. The van der Waals surface area contributed by atoms with Crippen LogP contribution in [0.1, 0.15) is 12.8 Å². The molecule has 4 heterocycles. The molecule has 8 nitrogen and oxygen atoms in total. The predicted molar refractivity (Wildman–Crippen MR) is 104 cm³/mol. The lowest BCUT2D eigenvalue weighted by Crippen LogP contribution is -2.47. The molecular weight excluding hydrogens is 328 g/mol. The molecule has 0 radical (unpaired) electrons. The van der Waals surface area contributed by atoms with Crippen LogP contribution < -0.4 is 14.7 Å². The number of aromatic amines is 1. The van der Waals surface area contributed by atoms with E-state index in [-0.39, 0.29) is 0 Å². The zero-order valence-electron chi connectivity index (χ0n) is 15.4. The quantitative estimate of drug-likeness (QED) is 0.768. The first kappa shape index (κ1) is 16.6. The van der Waals surface area contributed by atoms with Gasteiger partial charge in [-0.3, -0.25) is 0 Å². The fourth-order valence-corrected chi connectivity index (χ4v) is 3.50. The highest BCUT2D eigenvalue weighted by Gasteiger charge is 2.26. The normalized spacial score (nSPS) is 17.5. The molecule has 136 valence electrons. The molecule has 0 bridgehead atoms. The fourth-order valence-electron chi connectivity index (χ4n) is 3.50. The average molecular weight is 352 g/mol. The first-order chi connectivity index (χ1) is 12.6. The summed E-state index contributed by atoms with van der Waals surface area (Å²) in [4.78, 5) is 27.7. The number of H-pyrrole nitrogens is 1. The van der Waals surface area contributed by atoms with Gasteiger partial charge in [-0.15, -0.1) is 0 Å². The monoisotopic (exact) mass is 352 g/mol. The van der Waals surface area contributed by atoms with Crippen LogP contribution in [0.15, 0.2) is 30.9 Å². The van der Waals surface area contributed by atoms with Crippen LogP contribution in [-0.2, 0) is 0 Å². The Morgan fingerprint density at radius 2 is 2.04 bits per heavy atom. The first-order valence-corrected chi connectivity index (χ1v) is 8.89. The third kappa shape index (κ3) is 3.02. The second kappa shape index (κ2) is 6.78. The molecule has 0 aliphatic carbocycles. The van der Waals surface area contributed by atoms with Gasteiger partial charge in [0.15, 0.2) is 0 Å². The van der Waals surface area contributed by atoms with Crippen molar-refractivity contribution in [1.29, 1.82) is 0 Å². The minimum atomic E-state index is 0.338. The van der Waals surface area contributed by atoms with Crippen molar-refractivity contribution >= 4 is 28.6 Å². The Morgan fingerprint density at radius 3 is 2.88 bits per heavy atom. The number of rotatable bonds is 4. The lowest BCUT2D eigenvalue weighted by Gasteiger charge is -2.38. The SMILES string of the molecule is CN(C)c1ccnc(N(C)C2CCCN(c3ncnc4[nH]ccc34)C2)n1. The van der Waals surface area contributed by atoms with Crippen LogP contribution in [0.4, 0.5) is 17.6 Å². The van der Waals surface area contributed by atoms with Crippen LogP contribution >= 0.6 is 0 Å². The van der Waals surface area contributed by atoms with Gasteiger partial charge in [-0.25, -0.2) is 15.0 Å². The number of hydrogen-bond acceptors (Lipinski definition) is 7. The molecular formula is C18H24N8. The Labute approximate surface area is 152 Å². The number of piperidine rings is 1. The van der Waals surface area contributed by atoms with E-state index in [0.29, 0.717) is 6.04 Å². The number of anilines is 3. The zero-order chi connectivity index (χ0) is 18.1. The summed E-state index contributed by atoms with van der Waals surface area (Å²) in [6.07, 6.45) is 7.59. The summed E-state index contributed by atoms with van der Waals surface area (Å²) in [5, 5.41) is 1.07. The van der Waals surface area contributed by atoms with Crippen LogP contribution in [-0.4, -0.2) is 65.2 Å². The molecule has 0 spiro atoms. The largest absolute Gasteiger partial charge is 0.363 e. The van der Waals surface area contributed by atoms with E-state index < -0.39 is 0 Å². The van der Waals surface area contributed by atoms with Gasteiger partial charge in [0.05, 0.1) is 5.39 Å². The zero-order valence-corrected chi connectivity index (χ0v) is 15.4. The predicted octanol–water partition coefficient (Wildman–Crippen LogP) is 1.92. The number of hydrogen-bond donors (Lipinski definition) is 1. The second-order valence-electron chi connectivity index (χ2n) is 6.90. The van der Waals surface area contributed by atoms with Gasteiger partial charge in [0.1, 0.15) is 23.6 Å². The summed E-state index contributed by atoms with van der Waals surface area (Å²) in [6, 6.07) is 4.31. The molecule has 1 N–H and O–H groups in total. The van der Waals surface area contributed by atoms with Crippen LogP contribution in [0.25, 0.3) is 11.0 Å². The third-order valence-corrected chi connectivity index (χ3v) is 4.98. The maximum absolute atomic E-state index is 4.68. The van der Waals surface area contributed by atoms with Gasteiger partial charge in [-0.05, 0) is 25.0 Å². The smallest absolute Gasteiger partial charge is 0.227 e. The number of aromatic nitrogens is 5. The topological polar surface area (TPSA) is 77.1 Å². The summed E-state index contributed by atoms with van der Waals surface area (Å²) in [7, 11) is 6.06. The van der Waals surface area contributed by atoms with E-state index in [2.05, 4.69) is 41.8 Å².